The van der Waals surface area contributed by atoms with Crippen LogP contribution in [0.3, 0.4) is 0 Å². The third-order valence-corrected chi connectivity index (χ3v) is 2.90. The van der Waals surface area contributed by atoms with E-state index in [4.69, 9.17) is 5.73 Å². The predicted molar refractivity (Wildman–Crippen MR) is 70.9 cm³/mol. The normalized spacial score (nSPS) is 10.7. The minimum atomic E-state index is -0.272. The van der Waals surface area contributed by atoms with E-state index < -0.39 is 0 Å². The summed E-state index contributed by atoms with van der Waals surface area (Å²) in [6.45, 7) is 2.42. The number of aryl methyl sites for hydroxylation is 2. The van der Waals surface area contributed by atoms with Crippen molar-refractivity contribution in [2.45, 2.75) is 13.5 Å². The molecular formula is C13H17FN4. The van der Waals surface area contributed by atoms with Gasteiger partial charge in [0, 0.05) is 32.4 Å². The molecule has 0 radical (unpaired) electrons. The van der Waals surface area contributed by atoms with E-state index in [1.54, 1.807) is 17.7 Å². The first kappa shape index (κ1) is 12.4. The van der Waals surface area contributed by atoms with E-state index in [0.29, 0.717) is 17.8 Å². The lowest BCUT2D eigenvalue weighted by atomic mass is 10.1. The van der Waals surface area contributed by atoms with Crippen LogP contribution in [0.5, 0.6) is 0 Å². The molecule has 2 aromatic rings. The van der Waals surface area contributed by atoms with Crippen molar-refractivity contribution >= 4 is 11.4 Å². The van der Waals surface area contributed by atoms with Crippen molar-refractivity contribution in [3.8, 4) is 0 Å². The number of hydrogen-bond donors (Lipinski definition) is 1. The van der Waals surface area contributed by atoms with Crippen LogP contribution in [0.2, 0.25) is 0 Å². The van der Waals surface area contributed by atoms with E-state index in [-0.39, 0.29) is 5.82 Å². The third kappa shape index (κ3) is 2.45. The van der Waals surface area contributed by atoms with Crippen LogP contribution in [-0.4, -0.2) is 16.8 Å². The van der Waals surface area contributed by atoms with Gasteiger partial charge in [0.15, 0.2) is 0 Å². The molecular weight excluding hydrogens is 231 g/mol. The zero-order valence-corrected chi connectivity index (χ0v) is 10.8. The van der Waals surface area contributed by atoms with E-state index in [2.05, 4.69) is 5.10 Å². The molecule has 5 heteroatoms. The fourth-order valence-corrected chi connectivity index (χ4v) is 1.92. The summed E-state index contributed by atoms with van der Waals surface area (Å²) in [6.07, 6.45) is 3.76. The highest BCUT2D eigenvalue weighted by molar-refractivity contribution is 5.68. The molecule has 4 nitrogen and oxygen atoms in total. The van der Waals surface area contributed by atoms with Crippen molar-refractivity contribution in [2.75, 3.05) is 17.7 Å². The van der Waals surface area contributed by atoms with Crippen LogP contribution in [-0.2, 0) is 13.6 Å². The first-order valence-electron chi connectivity index (χ1n) is 5.71. The smallest absolute Gasteiger partial charge is 0.128 e. The van der Waals surface area contributed by atoms with E-state index in [9.17, 15) is 4.39 Å². The molecule has 1 heterocycles. The van der Waals surface area contributed by atoms with E-state index in [0.717, 1.165) is 11.3 Å². The molecule has 1 aromatic carbocycles. The number of rotatable bonds is 3. The minimum absolute atomic E-state index is 0.272. The first-order chi connectivity index (χ1) is 8.47. The summed E-state index contributed by atoms with van der Waals surface area (Å²) in [5.41, 5.74) is 8.81. The van der Waals surface area contributed by atoms with E-state index in [1.165, 1.54) is 6.07 Å². The highest BCUT2D eigenvalue weighted by atomic mass is 19.1. The summed E-state index contributed by atoms with van der Waals surface area (Å²) >= 11 is 0. The van der Waals surface area contributed by atoms with Crippen molar-refractivity contribution < 1.29 is 4.39 Å². The lowest BCUT2D eigenvalue weighted by molar-refractivity contribution is 0.619. The lowest BCUT2D eigenvalue weighted by Gasteiger charge is -2.21. The van der Waals surface area contributed by atoms with Gasteiger partial charge in [0.2, 0.25) is 0 Å². The molecule has 0 aliphatic carbocycles. The first-order valence-corrected chi connectivity index (χ1v) is 5.71. The number of anilines is 2. The molecule has 0 fully saturated rings. The van der Waals surface area contributed by atoms with Gasteiger partial charge in [-0.05, 0) is 24.6 Å². The highest BCUT2D eigenvalue weighted by Gasteiger charge is 2.10. The van der Waals surface area contributed by atoms with Gasteiger partial charge in [0.05, 0.1) is 17.6 Å². The second-order valence-electron chi connectivity index (χ2n) is 4.54. The third-order valence-electron chi connectivity index (χ3n) is 2.90. The van der Waals surface area contributed by atoms with Gasteiger partial charge < -0.3 is 10.6 Å². The summed E-state index contributed by atoms with van der Waals surface area (Å²) in [4.78, 5) is 1.98. The van der Waals surface area contributed by atoms with Gasteiger partial charge in [0.1, 0.15) is 5.82 Å². The number of nitrogens with two attached hydrogens (primary N) is 1. The fourth-order valence-electron chi connectivity index (χ4n) is 1.92. The molecule has 1 aromatic heterocycles. The zero-order valence-electron chi connectivity index (χ0n) is 10.8. The largest absolute Gasteiger partial charge is 0.397 e. The Morgan fingerprint density at radius 1 is 1.44 bits per heavy atom. The monoisotopic (exact) mass is 248 g/mol. The molecule has 0 atom stereocenters. The second-order valence-corrected chi connectivity index (χ2v) is 4.54. The van der Waals surface area contributed by atoms with E-state index >= 15 is 0 Å². The second kappa shape index (κ2) is 4.68. The fraction of sp³-hybridized carbons (Fsp3) is 0.308. The van der Waals surface area contributed by atoms with Crippen molar-refractivity contribution in [1.82, 2.24) is 9.78 Å². The summed E-state index contributed by atoms with van der Waals surface area (Å²) in [5, 5.41) is 4.12. The van der Waals surface area contributed by atoms with Crippen molar-refractivity contribution in [3.05, 3.63) is 41.5 Å². The Labute approximate surface area is 106 Å². The predicted octanol–water partition coefficient (Wildman–Crippen LogP) is 2.09. The van der Waals surface area contributed by atoms with Crippen LogP contribution in [0, 0.1) is 12.7 Å². The molecule has 0 spiro atoms. The number of aromatic nitrogens is 2. The van der Waals surface area contributed by atoms with Crippen LogP contribution < -0.4 is 10.6 Å². The van der Waals surface area contributed by atoms with Gasteiger partial charge >= 0.3 is 0 Å². The molecule has 0 saturated carbocycles. The van der Waals surface area contributed by atoms with Crippen molar-refractivity contribution in [3.63, 3.8) is 0 Å². The standard InChI is InChI=1S/C13H17FN4/c1-9-4-13(12(15)5-11(9)14)17(2)7-10-6-16-18(3)8-10/h4-6,8H,7,15H2,1-3H3. The van der Waals surface area contributed by atoms with Gasteiger partial charge in [-0.25, -0.2) is 4.39 Å². The van der Waals surface area contributed by atoms with Crippen LogP contribution in [0.15, 0.2) is 24.5 Å². The SMILES string of the molecule is Cc1cc(N(C)Cc2cnn(C)c2)c(N)cc1F. The molecule has 0 saturated heterocycles. The minimum Gasteiger partial charge on any atom is -0.397 e. The van der Waals surface area contributed by atoms with Gasteiger partial charge in [-0.2, -0.15) is 5.10 Å². The lowest BCUT2D eigenvalue weighted by Crippen LogP contribution is -2.18. The Morgan fingerprint density at radius 3 is 2.78 bits per heavy atom. The van der Waals surface area contributed by atoms with Gasteiger partial charge in [-0.3, -0.25) is 4.68 Å². The highest BCUT2D eigenvalue weighted by Crippen LogP contribution is 2.26. The van der Waals surface area contributed by atoms with E-state index in [1.807, 2.05) is 31.4 Å². The summed E-state index contributed by atoms with van der Waals surface area (Å²) in [5.74, 6) is -0.272. The topological polar surface area (TPSA) is 47.1 Å². The Balaban J connectivity index is 2.23. The maximum absolute atomic E-state index is 13.3. The van der Waals surface area contributed by atoms with Gasteiger partial charge in [-0.1, -0.05) is 0 Å². The number of halogens is 1. The van der Waals surface area contributed by atoms with Crippen LogP contribution in [0.4, 0.5) is 15.8 Å². The maximum Gasteiger partial charge on any atom is 0.128 e. The molecule has 0 aliphatic rings. The number of benzene rings is 1. The van der Waals surface area contributed by atoms with Crippen LogP contribution >= 0.6 is 0 Å². The number of hydrogen-bond acceptors (Lipinski definition) is 3. The molecule has 0 unspecified atom stereocenters. The van der Waals surface area contributed by atoms with Crippen molar-refractivity contribution in [1.29, 1.82) is 0 Å². The average molecular weight is 248 g/mol. The number of nitrogen functional groups attached to an aromatic ring is 1. The van der Waals surface area contributed by atoms with Crippen LogP contribution in [0.1, 0.15) is 11.1 Å². The summed E-state index contributed by atoms with van der Waals surface area (Å²) in [6, 6.07) is 3.13. The van der Waals surface area contributed by atoms with Gasteiger partial charge in [0.25, 0.3) is 0 Å². The zero-order chi connectivity index (χ0) is 13.3. The van der Waals surface area contributed by atoms with Gasteiger partial charge in [-0.15, -0.1) is 0 Å². The molecule has 0 amide bonds. The molecule has 18 heavy (non-hydrogen) atoms. The Kier molecular flexibility index (Phi) is 3.23. The Morgan fingerprint density at radius 2 is 2.17 bits per heavy atom. The molecule has 0 aliphatic heterocycles. The molecule has 2 rings (SSSR count). The molecule has 96 valence electrons. The van der Waals surface area contributed by atoms with Crippen molar-refractivity contribution in [2.24, 2.45) is 7.05 Å². The maximum atomic E-state index is 13.3. The average Bonchev–Trinajstić information content (AvgIpc) is 2.69. The molecule has 0 bridgehead atoms. The Hall–Kier alpha value is -2.04. The quantitative estimate of drug-likeness (QED) is 0.846. The molecule has 2 N–H and O–H groups in total. The summed E-state index contributed by atoms with van der Waals surface area (Å²) in [7, 11) is 3.80. The Bertz CT molecular complexity index is 562. The van der Waals surface area contributed by atoms with Crippen LogP contribution in [0.25, 0.3) is 0 Å². The number of nitrogens with zero attached hydrogens (tertiary/aromatic N) is 3. The summed E-state index contributed by atoms with van der Waals surface area (Å²) < 4.78 is 15.1.